The minimum atomic E-state index is -0.138. The average Bonchev–Trinajstić information content (AvgIpc) is 3.27. The summed E-state index contributed by atoms with van der Waals surface area (Å²) in [6.07, 6.45) is 9.23. The lowest BCUT2D eigenvalue weighted by molar-refractivity contribution is -0.139. The van der Waals surface area contributed by atoms with E-state index in [4.69, 9.17) is 0 Å². The Labute approximate surface area is 158 Å². The third kappa shape index (κ3) is 4.48. The van der Waals surface area contributed by atoms with E-state index in [0.29, 0.717) is 11.9 Å². The molecule has 2 fully saturated rings. The van der Waals surface area contributed by atoms with Gasteiger partial charge in [0.05, 0.1) is 5.69 Å². The zero-order valence-corrected chi connectivity index (χ0v) is 16.9. The summed E-state index contributed by atoms with van der Waals surface area (Å²) < 4.78 is 1.98. The Morgan fingerprint density at radius 3 is 2.58 bits per heavy atom. The molecule has 0 bridgehead atoms. The summed E-state index contributed by atoms with van der Waals surface area (Å²) in [4.78, 5) is 18.3. The molecule has 0 spiro atoms. The van der Waals surface area contributed by atoms with Crippen molar-refractivity contribution >= 4 is 5.91 Å². The van der Waals surface area contributed by atoms with Gasteiger partial charge in [-0.2, -0.15) is 5.10 Å². The maximum Gasteiger partial charge on any atom is 0.247 e. The van der Waals surface area contributed by atoms with E-state index >= 15 is 0 Å². The normalized spacial score (nSPS) is 22.7. The van der Waals surface area contributed by atoms with Crippen LogP contribution in [0.2, 0.25) is 0 Å². The number of rotatable bonds is 7. The maximum absolute atomic E-state index is 13.5. The van der Waals surface area contributed by atoms with Crippen LogP contribution in [-0.4, -0.2) is 57.7 Å². The van der Waals surface area contributed by atoms with Crippen LogP contribution in [-0.2, 0) is 4.79 Å². The van der Waals surface area contributed by atoms with Gasteiger partial charge in [-0.15, -0.1) is 0 Å². The van der Waals surface area contributed by atoms with Gasteiger partial charge in [-0.1, -0.05) is 13.3 Å². The van der Waals surface area contributed by atoms with Gasteiger partial charge in [-0.25, -0.2) is 0 Å². The van der Waals surface area contributed by atoms with Gasteiger partial charge >= 0.3 is 0 Å². The molecule has 5 nitrogen and oxygen atoms in total. The largest absolute Gasteiger partial charge is 0.338 e. The molecule has 3 heterocycles. The van der Waals surface area contributed by atoms with Crippen molar-refractivity contribution in [3.8, 4) is 0 Å². The SMILES string of the molecule is CCC[C@H](C(=O)N1CCCC[C@H]1CCN1CCCC1)n1nc(C)cc1C. The minimum absolute atomic E-state index is 0.138. The Morgan fingerprint density at radius 1 is 1.19 bits per heavy atom. The van der Waals surface area contributed by atoms with Crippen LogP contribution >= 0.6 is 0 Å². The van der Waals surface area contributed by atoms with Crippen LogP contribution in [0, 0.1) is 13.8 Å². The highest BCUT2D eigenvalue weighted by atomic mass is 16.2. The molecule has 2 saturated heterocycles. The first kappa shape index (κ1) is 19.4. The Morgan fingerprint density at radius 2 is 1.92 bits per heavy atom. The number of aryl methyl sites for hydroxylation is 2. The molecule has 0 saturated carbocycles. The molecule has 0 N–H and O–H groups in total. The maximum atomic E-state index is 13.5. The lowest BCUT2D eigenvalue weighted by atomic mass is 9.97. The molecule has 26 heavy (non-hydrogen) atoms. The van der Waals surface area contributed by atoms with Gasteiger partial charge < -0.3 is 9.80 Å². The number of aromatic nitrogens is 2. The van der Waals surface area contributed by atoms with E-state index in [9.17, 15) is 4.79 Å². The molecule has 5 heteroatoms. The van der Waals surface area contributed by atoms with Crippen LogP contribution in [0.1, 0.15) is 75.7 Å². The fraction of sp³-hybridized carbons (Fsp3) is 0.810. The van der Waals surface area contributed by atoms with Gasteiger partial charge in [0.1, 0.15) is 6.04 Å². The third-order valence-electron chi connectivity index (χ3n) is 6.07. The second-order valence-electron chi connectivity index (χ2n) is 8.19. The van der Waals surface area contributed by atoms with E-state index in [1.807, 2.05) is 11.6 Å². The summed E-state index contributed by atoms with van der Waals surface area (Å²) in [5.74, 6) is 0.296. The highest BCUT2D eigenvalue weighted by Crippen LogP contribution is 2.27. The Balaban J connectivity index is 1.71. The summed E-state index contributed by atoms with van der Waals surface area (Å²) in [7, 11) is 0. The monoisotopic (exact) mass is 360 g/mol. The fourth-order valence-corrected chi connectivity index (χ4v) is 4.71. The molecule has 0 aromatic carbocycles. The van der Waals surface area contributed by atoms with Gasteiger partial charge in [-0.3, -0.25) is 9.48 Å². The number of piperidine rings is 1. The van der Waals surface area contributed by atoms with E-state index in [0.717, 1.165) is 56.6 Å². The van der Waals surface area contributed by atoms with E-state index in [1.165, 1.54) is 32.4 Å². The molecule has 1 aromatic heterocycles. The molecular formula is C21H36N4O. The molecule has 2 aliphatic heterocycles. The topological polar surface area (TPSA) is 41.4 Å². The zero-order chi connectivity index (χ0) is 18.5. The molecule has 146 valence electrons. The van der Waals surface area contributed by atoms with Gasteiger partial charge in [-0.05, 0) is 77.9 Å². The quantitative estimate of drug-likeness (QED) is 0.744. The third-order valence-corrected chi connectivity index (χ3v) is 6.07. The van der Waals surface area contributed by atoms with Gasteiger partial charge in [0.25, 0.3) is 0 Å². The number of nitrogens with zero attached hydrogens (tertiary/aromatic N) is 4. The van der Waals surface area contributed by atoms with E-state index < -0.39 is 0 Å². The van der Waals surface area contributed by atoms with Crippen molar-refractivity contribution in [2.24, 2.45) is 0 Å². The summed E-state index contributed by atoms with van der Waals surface area (Å²) in [6.45, 7) is 10.8. The lowest BCUT2D eigenvalue weighted by Gasteiger charge is -2.38. The van der Waals surface area contributed by atoms with Crippen LogP contribution < -0.4 is 0 Å². The molecule has 1 aromatic rings. The number of likely N-dealkylation sites (tertiary alicyclic amines) is 2. The van der Waals surface area contributed by atoms with Crippen LogP contribution in [0.4, 0.5) is 0 Å². The van der Waals surface area contributed by atoms with Crippen molar-refractivity contribution in [2.75, 3.05) is 26.2 Å². The van der Waals surface area contributed by atoms with Crippen LogP contribution in [0.5, 0.6) is 0 Å². The number of carbonyl (C=O) groups is 1. The zero-order valence-electron chi connectivity index (χ0n) is 16.9. The highest BCUT2D eigenvalue weighted by Gasteiger charge is 2.33. The number of hydrogen-bond donors (Lipinski definition) is 0. The number of hydrogen-bond acceptors (Lipinski definition) is 3. The van der Waals surface area contributed by atoms with Crippen LogP contribution in [0.3, 0.4) is 0 Å². The number of amides is 1. The second-order valence-corrected chi connectivity index (χ2v) is 8.19. The summed E-state index contributed by atoms with van der Waals surface area (Å²) >= 11 is 0. The first-order chi connectivity index (χ1) is 12.6. The average molecular weight is 361 g/mol. The van der Waals surface area contributed by atoms with Gasteiger partial charge in [0.2, 0.25) is 5.91 Å². The smallest absolute Gasteiger partial charge is 0.247 e. The van der Waals surface area contributed by atoms with Crippen molar-refractivity contribution < 1.29 is 4.79 Å². The Bertz CT molecular complexity index is 591. The standard InChI is InChI=1S/C21H36N4O/c1-4-9-20(25-18(3)16-17(2)22-25)21(26)24-14-6-5-10-19(24)11-15-23-12-7-8-13-23/h16,19-20H,4-15H2,1-3H3/t19-,20+/m0/s1. The van der Waals surface area contributed by atoms with Crippen LogP contribution in [0.15, 0.2) is 6.07 Å². The summed E-state index contributed by atoms with van der Waals surface area (Å²) in [6, 6.07) is 2.35. The summed E-state index contributed by atoms with van der Waals surface area (Å²) in [5, 5.41) is 4.64. The van der Waals surface area contributed by atoms with Crippen molar-refractivity contribution in [1.29, 1.82) is 0 Å². The van der Waals surface area contributed by atoms with E-state index in [1.54, 1.807) is 0 Å². The minimum Gasteiger partial charge on any atom is -0.338 e. The second kappa shape index (κ2) is 9.03. The molecule has 1 amide bonds. The Hall–Kier alpha value is -1.36. The molecule has 2 atom stereocenters. The van der Waals surface area contributed by atoms with Crippen molar-refractivity contribution in [2.45, 2.75) is 84.2 Å². The fourth-order valence-electron chi connectivity index (χ4n) is 4.71. The predicted octanol–water partition coefficient (Wildman–Crippen LogP) is 3.71. The van der Waals surface area contributed by atoms with E-state index in [-0.39, 0.29) is 6.04 Å². The van der Waals surface area contributed by atoms with Crippen molar-refractivity contribution in [1.82, 2.24) is 19.6 Å². The van der Waals surface area contributed by atoms with Crippen molar-refractivity contribution in [3.63, 3.8) is 0 Å². The predicted molar refractivity (Wildman–Crippen MR) is 105 cm³/mol. The molecule has 0 unspecified atom stereocenters. The number of carbonyl (C=O) groups excluding carboxylic acids is 1. The molecule has 3 rings (SSSR count). The van der Waals surface area contributed by atoms with Crippen molar-refractivity contribution in [3.05, 3.63) is 17.5 Å². The van der Waals surface area contributed by atoms with E-state index in [2.05, 4.69) is 34.8 Å². The Kier molecular flexibility index (Phi) is 6.74. The molecule has 2 aliphatic rings. The van der Waals surface area contributed by atoms with Crippen LogP contribution in [0.25, 0.3) is 0 Å². The van der Waals surface area contributed by atoms with Gasteiger partial charge in [0.15, 0.2) is 0 Å². The van der Waals surface area contributed by atoms with Gasteiger partial charge in [0, 0.05) is 24.8 Å². The first-order valence-corrected chi connectivity index (χ1v) is 10.7. The highest BCUT2D eigenvalue weighted by molar-refractivity contribution is 5.81. The molecule has 0 radical (unpaired) electrons. The lowest BCUT2D eigenvalue weighted by Crippen LogP contribution is -2.48. The molecule has 0 aliphatic carbocycles. The molecular weight excluding hydrogens is 324 g/mol. The first-order valence-electron chi connectivity index (χ1n) is 10.7. The summed E-state index contributed by atoms with van der Waals surface area (Å²) in [5.41, 5.74) is 2.10.